The highest BCUT2D eigenvalue weighted by atomic mass is 16.5. The molecule has 0 aliphatic rings. The van der Waals surface area contributed by atoms with E-state index >= 15 is 0 Å². The quantitative estimate of drug-likeness (QED) is 0.446. The van der Waals surface area contributed by atoms with Gasteiger partial charge in [-0.05, 0) is 43.7 Å². The zero-order chi connectivity index (χ0) is 19.6. The molecule has 0 spiro atoms. The highest BCUT2D eigenvalue weighted by Crippen LogP contribution is 2.14. The fraction of sp³-hybridized carbons (Fsp3) is 0.190. The van der Waals surface area contributed by atoms with Crippen molar-refractivity contribution in [2.45, 2.75) is 19.9 Å². The van der Waals surface area contributed by atoms with Crippen molar-refractivity contribution in [2.24, 2.45) is 0 Å². The number of amides is 1. The van der Waals surface area contributed by atoms with Crippen LogP contribution in [0.15, 0.2) is 66.4 Å². The van der Waals surface area contributed by atoms with E-state index in [0.29, 0.717) is 11.3 Å². The van der Waals surface area contributed by atoms with Gasteiger partial charge in [0.05, 0.1) is 12.6 Å². The first-order chi connectivity index (χ1) is 13.0. The largest absolute Gasteiger partial charge is 0.462 e. The van der Waals surface area contributed by atoms with Crippen LogP contribution < -0.4 is 10.6 Å². The van der Waals surface area contributed by atoms with Crippen molar-refractivity contribution in [1.82, 2.24) is 5.32 Å². The normalized spacial score (nSPS) is 11.8. The van der Waals surface area contributed by atoms with Crippen molar-refractivity contribution in [3.63, 3.8) is 0 Å². The zero-order valence-corrected chi connectivity index (χ0v) is 15.2. The molecule has 2 rings (SSSR count). The van der Waals surface area contributed by atoms with Crippen molar-refractivity contribution in [2.75, 3.05) is 11.9 Å². The third kappa shape index (κ3) is 5.72. The molecule has 0 aliphatic carbocycles. The first kappa shape index (κ1) is 19.7. The Labute approximate surface area is 158 Å². The maximum atomic E-state index is 12.4. The second-order valence-electron chi connectivity index (χ2n) is 5.72. The van der Waals surface area contributed by atoms with Gasteiger partial charge in [-0.2, -0.15) is 5.26 Å². The lowest BCUT2D eigenvalue weighted by molar-refractivity contribution is -0.138. The summed E-state index contributed by atoms with van der Waals surface area (Å²) in [6, 6.07) is 18.1. The van der Waals surface area contributed by atoms with Crippen molar-refractivity contribution in [3.05, 3.63) is 77.5 Å². The third-order valence-corrected chi connectivity index (χ3v) is 3.79. The van der Waals surface area contributed by atoms with E-state index in [1.54, 1.807) is 37.3 Å². The topological polar surface area (TPSA) is 91.2 Å². The van der Waals surface area contributed by atoms with Gasteiger partial charge in [-0.1, -0.05) is 30.3 Å². The standard InChI is InChI=1S/C21H21N3O3/c1-3-27-21(26)18(13-22)14-23-19-11-9-17(10-12-19)20(25)24-15(2)16-7-5-4-6-8-16/h4-12,14-15,23H,3H2,1-2H3,(H,24,25)/b18-14+. The van der Waals surface area contributed by atoms with E-state index in [2.05, 4.69) is 10.6 Å². The minimum atomic E-state index is -0.682. The Morgan fingerprint density at radius 1 is 1.15 bits per heavy atom. The summed E-state index contributed by atoms with van der Waals surface area (Å²) in [6.07, 6.45) is 1.28. The van der Waals surface area contributed by atoms with Crippen molar-refractivity contribution >= 4 is 17.6 Å². The second-order valence-corrected chi connectivity index (χ2v) is 5.72. The molecule has 2 aromatic rings. The van der Waals surface area contributed by atoms with Crippen LogP contribution in [0.2, 0.25) is 0 Å². The monoisotopic (exact) mass is 363 g/mol. The fourth-order valence-corrected chi connectivity index (χ4v) is 2.32. The summed E-state index contributed by atoms with van der Waals surface area (Å²) in [5, 5.41) is 14.8. The lowest BCUT2D eigenvalue weighted by Gasteiger charge is -2.14. The Kier molecular flexibility index (Phi) is 7.15. The van der Waals surface area contributed by atoms with Crippen LogP contribution in [-0.4, -0.2) is 18.5 Å². The average Bonchev–Trinajstić information content (AvgIpc) is 2.69. The van der Waals surface area contributed by atoms with Gasteiger partial charge in [0, 0.05) is 17.5 Å². The van der Waals surface area contributed by atoms with E-state index in [1.807, 2.05) is 37.3 Å². The summed E-state index contributed by atoms with van der Waals surface area (Å²) in [5.41, 5.74) is 2.05. The number of nitriles is 1. The summed E-state index contributed by atoms with van der Waals surface area (Å²) in [6.45, 7) is 3.79. The molecule has 6 heteroatoms. The number of esters is 1. The molecular formula is C21H21N3O3. The molecule has 1 atom stereocenters. The van der Waals surface area contributed by atoms with E-state index in [4.69, 9.17) is 10.00 Å². The van der Waals surface area contributed by atoms with Crippen LogP contribution in [-0.2, 0) is 9.53 Å². The first-order valence-corrected chi connectivity index (χ1v) is 8.55. The summed E-state index contributed by atoms with van der Waals surface area (Å²) < 4.78 is 4.78. The van der Waals surface area contributed by atoms with Crippen LogP contribution in [0.3, 0.4) is 0 Å². The predicted molar refractivity (Wildman–Crippen MR) is 103 cm³/mol. The lowest BCUT2D eigenvalue weighted by atomic mass is 10.1. The smallest absolute Gasteiger partial charge is 0.350 e. The van der Waals surface area contributed by atoms with Gasteiger partial charge in [0.2, 0.25) is 0 Å². The number of benzene rings is 2. The molecular weight excluding hydrogens is 342 g/mol. The molecule has 138 valence electrons. The fourth-order valence-electron chi connectivity index (χ4n) is 2.32. The summed E-state index contributed by atoms with van der Waals surface area (Å²) >= 11 is 0. The van der Waals surface area contributed by atoms with Crippen LogP contribution in [0, 0.1) is 11.3 Å². The Bertz CT molecular complexity index is 852. The average molecular weight is 363 g/mol. The van der Waals surface area contributed by atoms with Gasteiger partial charge in [-0.15, -0.1) is 0 Å². The van der Waals surface area contributed by atoms with E-state index < -0.39 is 5.97 Å². The van der Waals surface area contributed by atoms with Crippen LogP contribution in [0.25, 0.3) is 0 Å². The number of nitrogens with one attached hydrogen (secondary N) is 2. The van der Waals surface area contributed by atoms with E-state index in [9.17, 15) is 9.59 Å². The first-order valence-electron chi connectivity index (χ1n) is 8.55. The highest BCUT2D eigenvalue weighted by molar-refractivity contribution is 5.95. The summed E-state index contributed by atoms with van der Waals surface area (Å²) in [7, 11) is 0. The number of carbonyl (C=O) groups excluding carboxylic acids is 2. The van der Waals surface area contributed by atoms with Crippen molar-refractivity contribution in [3.8, 4) is 6.07 Å². The number of anilines is 1. The van der Waals surface area contributed by atoms with Crippen LogP contribution >= 0.6 is 0 Å². The molecule has 0 heterocycles. The van der Waals surface area contributed by atoms with Crippen LogP contribution in [0.1, 0.15) is 35.8 Å². The molecule has 0 radical (unpaired) electrons. The molecule has 0 aliphatic heterocycles. The summed E-state index contributed by atoms with van der Waals surface area (Å²) in [4.78, 5) is 23.9. The SMILES string of the molecule is CCOC(=O)/C(C#N)=C/Nc1ccc(C(=O)NC(C)c2ccccc2)cc1. The molecule has 0 bridgehead atoms. The third-order valence-electron chi connectivity index (χ3n) is 3.79. The Hall–Kier alpha value is -3.59. The molecule has 0 fully saturated rings. The van der Waals surface area contributed by atoms with Gasteiger partial charge < -0.3 is 15.4 Å². The van der Waals surface area contributed by atoms with Gasteiger partial charge >= 0.3 is 5.97 Å². The molecule has 0 saturated heterocycles. The van der Waals surface area contributed by atoms with Gasteiger partial charge in [0.15, 0.2) is 5.57 Å². The Morgan fingerprint density at radius 3 is 2.41 bits per heavy atom. The minimum absolute atomic E-state index is 0.109. The molecule has 1 amide bonds. The second kappa shape index (κ2) is 9.78. The number of ether oxygens (including phenoxy) is 1. The molecule has 2 N–H and O–H groups in total. The van der Waals surface area contributed by atoms with Crippen molar-refractivity contribution < 1.29 is 14.3 Å². The molecule has 0 saturated carbocycles. The van der Waals surface area contributed by atoms with Crippen LogP contribution in [0.4, 0.5) is 5.69 Å². The van der Waals surface area contributed by atoms with Gasteiger partial charge in [-0.3, -0.25) is 4.79 Å². The van der Waals surface area contributed by atoms with E-state index in [0.717, 1.165) is 5.56 Å². The Morgan fingerprint density at radius 2 is 1.81 bits per heavy atom. The van der Waals surface area contributed by atoms with Gasteiger partial charge in [0.1, 0.15) is 6.07 Å². The zero-order valence-electron chi connectivity index (χ0n) is 15.2. The number of rotatable bonds is 7. The molecule has 6 nitrogen and oxygen atoms in total. The maximum Gasteiger partial charge on any atom is 0.350 e. The predicted octanol–water partition coefficient (Wildman–Crippen LogP) is 3.56. The highest BCUT2D eigenvalue weighted by Gasteiger charge is 2.12. The van der Waals surface area contributed by atoms with E-state index in [-0.39, 0.29) is 24.1 Å². The van der Waals surface area contributed by atoms with E-state index in [1.165, 1.54) is 6.20 Å². The molecule has 0 aromatic heterocycles. The number of hydrogen-bond donors (Lipinski definition) is 2. The number of nitrogens with zero attached hydrogens (tertiary/aromatic N) is 1. The molecule has 1 unspecified atom stereocenters. The summed E-state index contributed by atoms with van der Waals surface area (Å²) in [5.74, 6) is -0.865. The number of hydrogen-bond acceptors (Lipinski definition) is 5. The number of carbonyl (C=O) groups is 2. The lowest BCUT2D eigenvalue weighted by Crippen LogP contribution is -2.26. The maximum absolute atomic E-state index is 12.4. The van der Waals surface area contributed by atoms with Gasteiger partial charge in [-0.25, -0.2) is 4.79 Å². The van der Waals surface area contributed by atoms with Crippen molar-refractivity contribution in [1.29, 1.82) is 5.26 Å². The molecule has 2 aromatic carbocycles. The van der Waals surface area contributed by atoms with Crippen LogP contribution in [0.5, 0.6) is 0 Å². The molecule has 27 heavy (non-hydrogen) atoms. The Balaban J connectivity index is 1.99. The minimum Gasteiger partial charge on any atom is -0.462 e. The van der Waals surface area contributed by atoms with Gasteiger partial charge in [0.25, 0.3) is 5.91 Å².